The van der Waals surface area contributed by atoms with Crippen molar-refractivity contribution in [2.75, 3.05) is 0 Å². The molecule has 0 radical (unpaired) electrons. The van der Waals surface area contributed by atoms with Crippen LogP contribution in [0.25, 0.3) is 0 Å². The summed E-state index contributed by atoms with van der Waals surface area (Å²) in [6, 6.07) is 2.08. The van der Waals surface area contributed by atoms with Gasteiger partial charge in [0.2, 0.25) is 0 Å². The van der Waals surface area contributed by atoms with Gasteiger partial charge >= 0.3 is 0 Å². The number of phenolic OH excluding ortho intramolecular Hbond substituents is 2. The molecular formula is C20H28O3. The second-order valence-electron chi connectivity index (χ2n) is 8.86. The summed E-state index contributed by atoms with van der Waals surface area (Å²) >= 11 is 0. The highest BCUT2D eigenvalue weighted by atomic mass is 16.5. The molecule has 2 fully saturated rings. The highest BCUT2D eigenvalue weighted by Crippen LogP contribution is 2.63. The van der Waals surface area contributed by atoms with Crippen LogP contribution in [0.4, 0.5) is 0 Å². The van der Waals surface area contributed by atoms with Gasteiger partial charge in [-0.05, 0) is 48.1 Å². The maximum absolute atomic E-state index is 10.6. The maximum atomic E-state index is 10.6. The summed E-state index contributed by atoms with van der Waals surface area (Å²) in [5.41, 5.74) is 3.02. The van der Waals surface area contributed by atoms with Gasteiger partial charge in [0.15, 0.2) is 11.5 Å². The van der Waals surface area contributed by atoms with Crippen molar-refractivity contribution >= 4 is 0 Å². The highest BCUT2D eigenvalue weighted by Gasteiger charge is 2.59. The summed E-state index contributed by atoms with van der Waals surface area (Å²) in [5, 5.41) is 21.1. The van der Waals surface area contributed by atoms with E-state index >= 15 is 0 Å². The second kappa shape index (κ2) is 4.66. The van der Waals surface area contributed by atoms with E-state index in [2.05, 4.69) is 19.9 Å². The van der Waals surface area contributed by atoms with Gasteiger partial charge in [0, 0.05) is 17.5 Å². The number of fused-ring (bicyclic) bond motifs is 3. The van der Waals surface area contributed by atoms with E-state index in [4.69, 9.17) is 4.74 Å². The normalized spacial score (nSPS) is 34.3. The van der Waals surface area contributed by atoms with E-state index in [-0.39, 0.29) is 34.5 Å². The average molecular weight is 316 g/mol. The number of ether oxygens (including phenoxy) is 1. The fourth-order valence-electron chi connectivity index (χ4n) is 5.52. The molecule has 1 unspecified atom stereocenters. The van der Waals surface area contributed by atoms with Gasteiger partial charge in [-0.2, -0.15) is 0 Å². The van der Waals surface area contributed by atoms with Crippen molar-refractivity contribution in [2.24, 2.45) is 11.3 Å². The van der Waals surface area contributed by atoms with Crippen LogP contribution < -0.4 is 0 Å². The van der Waals surface area contributed by atoms with Gasteiger partial charge in [0.1, 0.15) is 0 Å². The zero-order valence-corrected chi connectivity index (χ0v) is 14.6. The van der Waals surface area contributed by atoms with Gasteiger partial charge in [-0.3, -0.25) is 0 Å². The van der Waals surface area contributed by atoms with Crippen LogP contribution >= 0.6 is 0 Å². The van der Waals surface area contributed by atoms with Gasteiger partial charge in [-0.1, -0.05) is 34.1 Å². The molecule has 126 valence electrons. The molecular weight excluding hydrogens is 288 g/mol. The average Bonchev–Trinajstić information content (AvgIpc) is 2.78. The second-order valence-corrected chi connectivity index (χ2v) is 8.86. The Morgan fingerprint density at radius 1 is 1.17 bits per heavy atom. The summed E-state index contributed by atoms with van der Waals surface area (Å²) in [6.45, 7) is 8.82. The Labute approximate surface area is 138 Å². The zero-order valence-electron chi connectivity index (χ0n) is 14.6. The molecule has 1 aromatic rings. The lowest BCUT2D eigenvalue weighted by Gasteiger charge is -2.48. The van der Waals surface area contributed by atoms with E-state index in [1.165, 1.54) is 12.8 Å². The Morgan fingerprint density at radius 3 is 2.61 bits per heavy atom. The summed E-state index contributed by atoms with van der Waals surface area (Å²) in [4.78, 5) is 0. The van der Waals surface area contributed by atoms with Crippen LogP contribution in [0.2, 0.25) is 0 Å². The van der Waals surface area contributed by atoms with Crippen molar-refractivity contribution in [3.8, 4) is 11.5 Å². The molecule has 2 bridgehead atoms. The van der Waals surface area contributed by atoms with Crippen LogP contribution in [0.5, 0.6) is 11.5 Å². The van der Waals surface area contributed by atoms with E-state index < -0.39 is 0 Å². The van der Waals surface area contributed by atoms with Gasteiger partial charge in [-0.25, -0.2) is 0 Å². The zero-order chi connectivity index (χ0) is 16.6. The van der Waals surface area contributed by atoms with Crippen LogP contribution in [0.1, 0.15) is 82.1 Å². The van der Waals surface area contributed by atoms with E-state index in [0.717, 1.165) is 36.0 Å². The molecule has 0 aromatic heterocycles. The van der Waals surface area contributed by atoms with Crippen LogP contribution in [-0.4, -0.2) is 15.8 Å². The fraction of sp³-hybridized carbons (Fsp3) is 0.700. The van der Waals surface area contributed by atoms with E-state index in [1.807, 2.05) is 13.8 Å². The van der Waals surface area contributed by atoms with Crippen LogP contribution in [-0.2, 0) is 11.2 Å². The van der Waals surface area contributed by atoms with Crippen LogP contribution in [0.15, 0.2) is 6.07 Å². The third kappa shape index (κ3) is 1.98. The lowest BCUT2D eigenvalue weighted by Crippen LogP contribution is -2.48. The number of rotatable bonds is 1. The molecule has 1 aliphatic carbocycles. The first-order chi connectivity index (χ1) is 10.8. The molecule has 3 heteroatoms. The van der Waals surface area contributed by atoms with Crippen LogP contribution in [0, 0.1) is 11.3 Å². The Balaban J connectivity index is 1.85. The largest absolute Gasteiger partial charge is 0.504 e. The third-order valence-electron chi connectivity index (χ3n) is 6.71. The predicted octanol–water partition coefficient (Wildman–Crippen LogP) is 4.80. The molecule has 2 heterocycles. The van der Waals surface area contributed by atoms with E-state index in [0.29, 0.717) is 5.92 Å². The molecule has 1 spiro atoms. The summed E-state index contributed by atoms with van der Waals surface area (Å²) in [6.07, 6.45) is 5.36. The molecule has 0 amide bonds. The van der Waals surface area contributed by atoms with Crippen LogP contribution in [0.3, 0.4) is 0 Å². The van der Waals surface area contributed by atoms with Gasteiger partial charge in [-0.15, -0.1) is 0 Å². The third-order valence-corrected chi connectivity index (χ3v) is 6.71. The molecule has 3 nitrogen and oxygen atoms in total. The molecule has 23 heavy (non-hydrogen) atoms. The topological polar surface area (TPSA) is 49.7 Å². The molecule has 1 saturated heterocycles. The standard InChI is InChI=1S/C20H28O3/c1-11(2)12-8-13-14(18(22)17(12)21)10-20-7-5-6-19(3,4)16(20)9-15(13)23-20/h8,11,15-16,21-22H,5-7,9-10H2,1-4H3/t15-,16?,20-/m0/s1. The van der Waals surface area contributed by atoms with Gasteiger partial charge in [0.05, 0.1) is 11.7 Å². The summed E-state index contributed by atoms with van der Waals surface area (Å²) < 4.78 is 6.59. The van der Waals surface area contributed by atoms with Crippen molar-refractivity contribution in [3.05, 3.63) is 22.8 Å². The van der Waals surface area contributed by atoms with Crippen molar-refractivity contribution in [1.29, 1.82) is 0 Å². The minimum absolute atomic E-state index is 0.0723. The quantitative estimate of drug-likeness (QED) is 0.731. The molecule has 2 aliphatic heterocycles. The predicted molar refractivity (Wildman–Crippen MR) is 89.9 cm³/mol. The Hall–Kier alpha value is -1.22. The molecule has 2 N–H and O–H groups in total. The highest BCUT2D eigenvalue weighted by molar-refractivity contribution is 5.57. The maximum Gasteiger partial charge on any atom is 0.161 e. The Bertz CT molecular complexity index is 661. The van der Waals surface area contributed by atoms with Crippen molar-refractivity contribution < 1.29 is 14.9 Å². The Kier molecular flexibility index (Phi) is 3.10. The summed E-state index contributed by atoms with van der Waals surface area (Å²) in [5.74, 6) is 0.887. The number of hydrogen-bond donors (Lipinski definition) is 2. The van der Waals surface area contributed by atoms with Crippen molar-refractivity contribution in [3.63, 3.8) is 0 Å². The lowest BCUT2D eigenvalue weighted by molar-refractivity contribution is -0.114. The summed E-state index contributed by atoms with van der Waals surface area (Å²) in [7, 11) is 0. The first kappa shape index (κ1) is 15.3. The monoisotopic (exact) mass is 316 g/mol. The van der Waals surface area contributed by atoms with E-state index in [9.17, 15) is 10.2 Å². The van der Waals surface area contributed by atoms with Gasteiger partial charge in [0.25, 0.3) is 0 Å². The minimum Gasteiger partial charge on any atom is -0.504 e. The number of benzene rings is 1. The Morgan fingerprint density at radius 2 is 1.91 bits per heavy atom. The molecule has 1 aromatic carbocycles. The number of hydrogen-bond acceptors (Lipinski definition) is 3. The smallest absolute Gasteiger partial charge is 0.161 e. The molecule has 4 rings (SSSR count). The van der Waals surface area contributed by atoms with E-state index in [1.54, 1.807) is 0 Å². The lowest BCUT2D eigenvalue weighted by atomic mass is 9.60. The first-order valence-electron chi connectivity index (χ1n) is 9.00. The molecule has 1 saturated carbocycles. The molecule has 3 aliphatic rings. The SMILES string of the molecule is CC(C)c1cc2c(c(O)c1O)C[C@@]13CCCC(C)(C)C1C[C@@H]2O3. The first-order valence-corrected chi connectivity index (χ1v) is 9.00. The van der Waals surface area contributed by atoms with Gasteiger partial charge < -0.3 is 14.9 Å². The van der Waals surface area contributed by atoms with Crippen molar-refractivity contribution in [1.82, 2.24) is 0 Å². The number of phenols is 2. The molecule has 3 atom stereocenters. The fourth-order valence-corrected chi connectivity index (χ4v) is 5.52. The minimum atomic E-state index is -0.136. The number of aromatic hydroxyl groups is 2. The van der Waals surface area contributed by atoms with Crippen molar-refractivity contribution in [2.45, 2.75) is 77.4 Å².